The average molecular weight is 505 g/mol. The standard InChI is InChI=1S/C28H28N2O7/c1-15-4-6-21-18(10-15)13-20(27(35)29-21)19(14-25(34)37-3)26-24(33)11-16(2)30(28(26)36)9-8-17-5-7-22(31)23(32)12-17/h4-7,10-13,19,31-33H,8-9,14H2,1-3H3,(H,29,35)/t19-/m1/s1. The molecule has 0 bridgehead atoms. The summed E-state index contributed by atoms with van der Waals surface area (Å²) in [6.07, 6.45) is 0.0188. The van der Waals surface area contributed by atoms with Crippen LogP contribution in [0.25, 0.3) is 10.9 Å². The highest BCUT2D eigenvalue weighted by Gasteiger charge is 2.29. The van der Waals surface area contributed by atoms with Crippen molar-refractivity contribution >= 4 is 16.9 Å². The number of phenols is 2. The van der Waals surface area contributed by atoms with E-state index in [0.717, 1.165) is 10.9 Å². The number of aryl methyl sites for hydroxylation is 3. The van der Waals surface area contributed by atoms with Crippen LogP contribution < -0.4 is 11.1 Å². The summed E-state index contributed by atoms with van der Waals surface area (Å²) in [5.74, 6) is -2.53. The van der Waals surface area contributed by atoms with Gasteiger partial charge in [-0.2, -0.15) is 0 Å². The van der Waals surface area contributed by atoms with Crippen molar-refractivity contribution in [3.05, 3.63) is 97.2 Å². The molecule has 2 heterocycles. The molecule has 0 amide bonds. The molecule has 0 fully saturated rings. The van der Waals surface area contributed by atoms with Gasteiger partial charge in [0.15, 0.2) is 11.5 Å². The van der Waals surface area contributed by atoms with Crippen LogP contribution in [0, 0.1) is 13.8 Å². The van der Waals surface area contributed by atoms with Gasteiger partial charge in [-0.05, 0) is 67.6 Å². The predicted octanol–water partition coefficient (Wildman–Crippen LogP) is 3.36. The first-order chi connectivity index (χ1) is 17.6. The van der Waals surface area contributed by atoms with Crippen molar-refractivity contribution in [1.29, 1.82) is 0 Å². The molecule has 37 heavy (non-hydrogen) atoms. The lowest BCUT2D eigenvalue weighted by molar-refractivity contribution is -0.140. The highest BCUT2D eigenvalue weighted by molar-refractivity contribution is 5.80. The Balaban J connectivity index is 1.84. The van der Waals surface area contributed by atoms with E-state index in [1.807, 2.05) is 19.1 Å². The lowest BCUT2D eigenvalue weighted by Crippen LogP contribution is -2.31. The summed E-state index contributed by atoms with van der Waals surface area (Å²) in [5, 5.41) is 30.9. The molecule has 4 aromatic rings. The van der Waals surface area contributed by atoms with Crippen LogP contribution in [0.4, 0.5) is 0 Å². The molecule has 0 radical (unpaired) electrons. The van der Waals surface area contributed by atoms with Crippen molar-refractivity contribution in [3.8, 4) is 17.2 Å². The fraction of sp³-hybridized carbons (Fsp3) is 0.250. The summed E-state index contributed by atoms with van der Waals surface area (Å²) in [6.45, 7) is 3.77. The second-order valence-electron chi connectivity index (χ2n) is 9.09. The van der Waals surface area contributed by atoms with E-state index < -0.39 is 23.0 Å². The van der Waals surface area contributed by atoms with Gasteiger partial charge in [0, 0.05) is 29.2 Å². The SMILES string of the molecule is COC(=O)C[C@H](c1cc2cc(C)ccc2[nH]c1=O)c1c(O)cc(C)n(CCc2ccc(O)c(O)c2)c1=O. The first-order valence-corrected chi connectivity index (χ1v) is 11.7. The molecular weight excluding hydrogens is 476 g/mol. The number of hydrogen-bond donors (Lipinski definition) is 4. The molecule has 0 saturated heterocycles. The lowest BCUT2D eigenvalue weighted by Gasteiger charge is -2.20. The van der Waals surface area contributed by atoms with E-state index >= 15 is 0 Å². The van der Waals surface area contributed by atoms with Crippen molar-refractivity contribution in [2.45, 2.75) is 39.2 Å². The molecule has 4 rings (SSSR count). The zero-order chi connectivity index (χ0) is 26.9. The van der Waals surface area contributed by atoms with E-state index in [-0.39, 0.29) is 41.3 Å². The minimum atomic E-state index is -1.06. The third kappa shape index (κ3) is 5.20. The molecule has 4 N–H and O–H groups in total. The van der Waals surface area contributed by atoms with Crippen molar-refractivity contribution < 1.29 is 24.9 Å². The average Bonchev–Trinajstić information content (AvgIpc) is 2.85. The van der Waals surface area contributed by atoms with Gasteiger partial charge in [-0.3, -0.25) is 14.4 Å². The fourth-order valence-corrected chi connectivity index (χ4v) is 4.56. The number of hydrogen-bond acceptors (Lipinski definition) is 7. The normalized spacial score (nSPS) is 12.0. The van der Waals surface area contributed by atoms with E-state index in [0.29, 0.717) is 23.2 Å². The summed E-state index contributed by atoms with van der Waals surface area (Å²) < 4.78 is 6.29. The number of carbonyl (C=O) groups excluding carboxylic acids is 1. The van der Waals surface area contributed by atoms with Crippen LogP contribution in [-0.2, 0) is 22.5 Å². The Morgan fingerprint density at radius 3 is 2.43 bits per heavy atom. The minimum absolute atomic E-state index is 0.0814. The molecule has 2 aromatic carbocycles. The minimum Gasteiger partial charge on any atom is -0.507 e. The van der Waals surface area contributed by atoms with E-state index in [2.05, 4.69) is 4.98 Å². The van der Waals surface area contributed by atoms with Crippen LogP contribution in [0.3, 0.4) is 0 Å². The molecule has 1 atom stereocenters. The van der Waals surface area contributed by atoms with Gasteiger partial charge < -0.3 is 29.6 Å². The van der Waals surface area contributed by atoms with Crippen molar-refractivity contribution in [2.75, 3.05) is 7.11 Å². The van der Waals surface area contributed by atoms with E-state index in [1.54, 1.807) is 25.1 Å². The van der Waals surface area contributed by atoms with Gasteiger partial charge >= 0.3 is 5.97 Å². The van der Waals surface area contributed by atoms with Crippen LogP contribution in [0.2, 0.25) is 0 Å². The Kier molecular flexibility index (Phi) is 7.06. The molecule has 0 spiro atoms. The molecule has 9 nitrogen and oxygen atoms in total. The number of fused-ring (bicyclic) bond motifs is 1. The number of methoxy groups -OCH3 is 1. The molecule has 192 valence electrons. The predicted molar refractivity (Wildman–Crippen MR) is 138 cm³/mol. The maximum Gasteiger partial charge on any atom is 0.306 e. The fourth-order valence-electron chi connectivity index (χ4n) is 4.56. The number of phenolic OH excluding ortho intramolecular Hbond substituents is 2. The molecule has 0 aliphatic carbocycles. The summed E-state index contributed by atoms with van der Waals surface area (Å²) in [6, 6.07) is 13.0. The van der Waals surface area contributed by atoms with E-state index in [4.69, 9.17) is 4.74 Å². The molecule has 9 heteroatoms. The highest BCUT2D eigenvalue weighted by atomic mass is 16.5. The number of nitrogens with zero attached hydrogens (tertiary/aromatic N) is 1. The van der Waals surface area contributed by atoms with Crippen LogP contribution in [0.1, 0.15) is 40.3 Å². The Hall–Kier alpha value is -4.53. The van der Waals surface area contributed by atoms with Gasteiger partial charge in [-0.1, -0.05) is 17.7 Å². The second kappa shape index (κ2) is 10.2. The topological polar surface area (TPSA) is 142 Å². The molecule has 0 saturated carbocycles. The quantitative estimate of drug-likeness (QED) is 0.223. The Morgan fingerprint density at radius 2 is 1.73 bits per heavy atom. The molecule has 2 aromatic heterocycles. The van der Waals surface area contributed by atoms with Gasteiger partial charge in [0.2, 0.25) is 0 Å². The van der Waals surface area contributed by atoms with Crippen molar-refractivity contribution in [1.82, 2.24) is 9.55 Å². The Morgan fingerprint density at radius 1 is 0.973 bits per heavy atom. The molecular formula is C28H28N2O7. The number of nitrogens with one attached hydrogen (secondary N) is 1. The van der Waals surface area contributed by atoms with Gasteiger partial charge in [-0.15, -0.1) is 0 Å². The summed E-state index contributed by atoms with van der Waals surface area (Å²) in [7, 11) is 1.22. The van der Waals surface area contributed by atoms with Crippen LogP contribution >= 0.6 is 0 Å². The summed E-state index contributed by atoms with van der Waals surface area (Å²) >= 11 is 0. The zero-order valence-electron chi connectivity index (χ0n) is 20.7. The third-order valence-electron chi connectivity index (χ3n) is 6.54. The number of benzene rings is 2. The number of rotatable bonds is 7. The van der Waals surface area contributed by atoms with Crippen LogP contribution in [0.15, 0.2) is 58.1 Å². The Bertz CT molecular complexity index is 1620. The Labute approximate surface area is 212 Å². The summed E-state index contributed by atoms with van der Waals surface area (Å²) in [4.78, 5) is 42.0. The van der Waals surface area contributed by atoms with Gasteiger partial charge in [0.05, 0.1) is 19.1 Å². The van der Waals surface area contributed by atoms with Crippen LogP contribution in [0.5, 0.6) is 17.2 Å². The van der Waals surface area contributed by atoms with Gasteiger partial charge in [0.1, 0.15) is 5.75 Å². The van der Waals surface area contributed by atoms with Crippen molar-refractivity contribution in [3.63, 3.8) is 0 Å². The number of pyridine rings is 2. The highest BCUT2D eigenvalue weighted by Crippen LogP contribution is 2.32. The maximum atomic E-state index is 13.7. The first kappa shape index (κ1) is 25.6. The number of carbonyl (C=O) groups is 1. The lowest BCUT2D eigenvalue weighted by atomic mass is 9.88. The van der Waals surface area contributed by atoms with E-state index in [1.165, 1.54) is 29.9 Å². The summed E-state index contributed by atoms with van der Waals surface area (Å²) in [5.41, 5.74) is 1.80. The number of aromatic nitrogens is 2. The smallest absolute Gasteiger partial charge is 0.306 e. The zero-order valence-corrected chi connectivity index (χ0v) is 20.7. The first-order valence-electron chi connectivity index (χ1n) is 11.7. The number of esters is 1. The number of ether oxygens (including phenoxy) is 1. The van der Waals surface area contributed by atoms with Gasteiger partial charge in [0.25, 0.3) is 11.1 Å². The maximum absolute atomic E-state index is 13.7. The van der Waals surface area contributed by atoms with Crippen molar-refractivity contribution in [2.24, 2.45) is 0 Å². The largest absolute Gasteiger partial charge is 0.507 e. The molecule has 0 unspecified atom stereocenters. The van der Waals surface area contributed by atoms with E-state index in [9.17, 15) is 29.7 Å². The third-order valence-corrected chi connectivity index (χ3v) is 6.54. The van der Waals surface area contributed by atoms with Gasteiger partial charge in [-0.25, -0.2) is 0 Å². The number of H-pyrrole nitrogens is 1. The van der Waals surface area contributed by atoms with Crippen LogP contribution in [-0.4, -0.2) is 37.9 Å². The second-order valence-corrected chi connectivity index (χ2v) is 9.09. The monoisotopic (exact) mass is 504 g/mol. The number of aromatic hydroxyl groups is 3. The molecule has 0 aliphatic heterocycles. The number of aromatic amines is 1. The molecule has 0 aliphatic rings.